The zero-order valence-electron chi connectivity index (χ0n) is 13.1. The minimum atomic E-state index is 0.0452. The summed E-state index contributed by atoms with van der Waals surface area (Å²) in [6.07, 6.45) is 5.02. The minimum Gasteiger partial charge on any atom is -0.411 e. The van der Waals surface area contributed by atoms with Crippen molar-refractivity contribution in [3.63, 3.8) is 0 Å². The molecule has 2 aliphatic rings. The van der Waals surface area contributed by atoms with Gasteiger partial charge < -0.3 is 9.73 Å². The summed E-state index contributed by atoms with van der Waals surface area (Å²) in [6, 6.07) is 7.56. The molecule has 1 heterocycles. The van der Waals surface area contributed by atoms with Crippen LogP contribution >= 0.6 is 23.4 Å². The number of fused-ring (bicyclic) bond motifs is 2. The Balaban J connectivity index is 1.30. The van der Waals surface area contributed by atoms with E-state index in [9.17, 15) is 4.79 Å². The zero-order valence-corrected chi connectivity index (χ0v) is 14.6. The van der Waals surface area contributed by atoms with E-state index in [4.69, 9.17) is 16.0 Å². The van der Waals surface area contributed by atoms with Crippen LogP contribution in [0.25, 0.3) is 11.5 Å². The third kappa shape index (κ3) is 3.44. The normalized spacial score (nSPS) is 25.1. The molecule has 2 aromatic rings. The fourth-order valence-electron chi connectivity index (χ4n) is 3.77. The monoisotopic (exact) mass is 363 g/mol. The van der Waals surface area contributed by atoms with E-state index in [0.717, 1.165) is 17.9 Å². The second-order valence-electron chi connectivity index (χ2n) is 6.52. The van der Waals surface area contributed by atoms with Crippen molar-refractivity contribution < 1.29 is 9.21 Å². The van der Waals surface area contributed by atoms with E-state index in [0.29, 0.717) is 33.8 Å². The smallest absolute Gasteiger partial charge is 0.277 e. The second kappa shape index (κ2) is 6.76. The Morgan fingerprint density at radius 1 is 1.25 bits per heavy atom. The van der Waals surface area contributed by atoms with Gasteiger partial charge in [0.1, 0.15) is 0 Å². The van der Waals surface area contributed by atoms with Gasteiger partial charge in [0.15, 0.2) is 0 Å². The summed E-state index contributed by atoms with van der Waals surface area (Å²) in [5.41, 5.74) is 0.810. The SMILES string of the molecule is O=C(CSc1nnc(-c2ccc(Cl)cc2)o1)N[C@@H]1C[C@@H]2CC[C@@H]1C2. The molecule has 0 spiro atoms. The Morgan fingerprint density at radius 2 is 2.08 bits per heavy atom. The molecule has 2 aliphatic carbocycles. The number of nitrogens with one attached hydrogen (secondary N) is 1. The largest absolute Gasteiger partial charge is 0.411 e. The van der Waals surface area contributed by atoms with Crippen LogP contribution in [0.5, 0.6) is 0 Å². The maximum absolute atomic E-state index is 12.1. The molecule has 2 fully saturated rings. The number of hydrogen-bond acceptors (Lipinski definition) is 5. The average Bonchev–Trinajstić information content (AvgIpc) is 3.30. The highest BCUT2D eigenvalue weighted by molar-refractivity contribution is 7.99. The molecule has 1 N–H and O–H groups in total. The minimum absolute atomic E-state index is 0.0452. The summed E-state index contributed by atoms with van der Waals surface area (Å²) in [5.74, 6) is 2.29. The molecule has 7 heteroatoms. The molecule has 2 bridgehead atoms. The lowest BCUT2D eigenvalue weighted by atomic mass is 9.95. The van der Waals surface area contributed by atoms with E-state index in [1.54, 1.807) is 12.1 Å². The summed E-state index contributed by atoms with van der Waals surface area (Å²) in [5, 5.41) is 12.2. The van der Waals surface area contributed by atoms with Gasteiger partial charge in [-0.15, -0.1) is 10.2 Å². The molecule has 24 heavy (non-hydrogen) atoms. The first-order valence-electron chi connectivity index (χ1n) is 8.19. The van der Waals surface area contributed by atoms with Gasteiger partial charge in [0.25, 0.3) is 5.22 Å². The summed E-state index contributed by atoms with van der Waals surface area (Å²) in [4.78, 5) is 12.1. The van der Waals surface area contributed by atoms with Gasteiger partial charge >= 0.3 is 0 Å². The lowest BCUT2D eigenvalue weighted by molar-refractivity contribution is -0.119. The first-order valence-corrected chi connectivity index (χ1v) is 9.55. The van der Waals surface area contributed by atoms with Gasteiger partial charge in [-0.25, -0.2) is 0 Å². The van der Waals surface area contributed by atoms with Gasteiger partial charge in [0.05, 0.1) is 5.75 Å². The number of benzene rings is 1. The Hall–Kier alpha value is -1.53. The molecular weight excluding hydrogens is 346 g/mol. The van der Waals surface area contributed by atoms with Crippen molar-refractivity contribution in [2.75, 3.05) is 5.75 Å². The summed E-state index contributed by atoms with van der Waals surface area (Å²) >= 11 is 7.14. The predicted octanol–water partition coefficient (Wildman–Crippen LogP) is 3.79. The van der Waals surface area contributed by atoms with Crippen LogP contribution in [0.4, 0.5) is 0 Å². The van der Waals surface area contributed by atoms with E-state index in [-0.39, 0.29) is 5.91 Å². The predicted molar refractivity (Wildman–Crippen MR) is 92.8 cm³/mol. The van der Waals surface area contributed by atoms with Crippen LogP contribution in [-0.2, 0) is 4.79 Å². The van der Waals surface area contributed by atoms with Crippen molar-refractivity contribution in [3.05, 3.63) is 29.3 Å². The number of nitrogens with zero attached hydrogens (tertiary/aromatic N) is 2. The molecule has 5 nitrogen and oxygen atoms in total. The van der Waals surface area contributed by atoms with Crippen molar-refractivity contribution >= 4 is 29.3 Å². The molecule has 1 aromatic carbocycles. The highest BCUT2D eigenvalue weighted by Crippen LogP contribution is 2.44. The maximum Gasteiger partial charge on any atom is 0.277 e. The van der Waals surface area contributed by atoms with Gasteiger partial charge in [-0.2, -0.15) is 0 Å². The fourth-order valence-corrected chi connectivity index (χ4v) is 4.47. The third-order valence-electron chi connectivity index (χ3n) is 4.91. The zero-order chi connectivity index (χ0) is 16.5. The average molecular weight is 364 g/mol. The topological polar surface area (TPSA) is 68.0 Å². The Bertz CT molecular complexity index is 734. The molecule has 4 rings (SSSR count). The molecule has 0 radical (unpaired) electrons. The van der Waals surface area contributed by atoms with Crippen molar-refractivity contribution in [3.8, 4) is 11.5 Å². The molecule has 1 aromatic heterocycles. The maximum atomic E-state index is 12.1. The van der Waals surface area contributed by atoms with Crippen LogP contribution in [0.2, 0.25) is 5.02 Å². The molecule has 126 valence electrons. The number of hydrogen-bond donors (Lipinski definition) is 1. The molecule has 0 saturated heterocycles. The van der Waals surface area contributed by atoms with E-state index >= 15 is 0 Å². The number of carbonyl (C=O) groups excluding carboxylic acids is 1. The van der Waals surface area contributed by atoms with Crippen LogP contribution in [0.1, 0.15) is 25.7 Å². The third-order valence-corrected chi connectivity index (χ3v) is 5.98. The number of thioether (sulfide) groups is 1. The number of aromatic nitrogens is 2. The van der Waals surface area contributed by atoms with Crippen molar-refractivity contribution in [2.24, 2.45) is 11.8 Å². The number of amides is 1. The van der Waals surface area contributed by atoms with Gasteiger partial charge in [-0.3, -0.25) is 4.79 Å². The van der Waals surface area contributed by atoms with Crippen LogP contribution in [0.3, 0.4) is 0 Å². The molecule has 0 unspecified atom stereocenters. The second-order valence-corrected chi connectivity index (χ2v) is 7.88. The van der Waals surface area contributed by atoms with Crippen LogP contribution in [0.15, 0.2) is 33.9 Å². The number of rotatable bonds is 5. The van der Waals surface area contributed by atoms with E-state index in [2.05, 4.69) is 15.5 Å². The summed E-state index contributed by atoms with van der Waals surface area (Å²) in [6.45, 7) is 0. The number of carbonyl (C=O) groups is 1. The van der Waals surface area contributed by atoms with Crippen LogP contribution in [0, 0.1) is 11.8 Å². The lowest BCUT2D eigenvalue weighted by Crippen LogP contribution is -2.39. The highest BCUT2D eigenvalue weighted by atomic mass is 35.5. The van der Waals surface area contributed by atoms with Crippen molar-refractivity contribution in [1.82, 2.24) is 15.5 Å². The van der Waals surface area contributed by atoms with Crippen LogP contribution < -0.4 is 5.32 Å². The molecule has 0 aliphatic heterocycles. The van der Waals surface area contributed by atoms with E-state index in [1.165, 1.54) is 31.0 Å². The Kier molecular flexibility index (Phi) is 4.50. The standard InChI is InChI=1S/C17H18ClN3O2S/c18-13-5-3-11(4-6-13)16-20-21-17(23-16)24-9-15(22)19-14-8-10-1-2-12(14)7-10/h3-6,10,12,14H,1-2,7-9H2,(H,19,22)/t10-,12-,14-/m1/s1. The van der Waals surface area contributed by atoms with Gasteiger partial charge in [-0.05, 0) is 55.4 Å². The van der Waals surface area contributed by atoms with Crippen LogP contribution in [-0.4, -0.2) is 27.9 Å². The molecular formula is C17H18ClN3O2S. The van der Waals surface area contributed by atoms with Crippen molar-refractivity contribution in [1.29, 1.82) is 0 Å². The highest BCUT2D eigenvalue weighted by Gasteiger charge is 2.40. The Morgan fingerprint density at radius 3 is 2.79 bits per heavy atom. The lowest BCUT2D eigenvalue weighted by Gasteiger charge is -2.22. The van der Waals surface area contributed by atoms with Gasteiger partial charge in [0, 0.05) is 16.6 Å². The van der Waals surface area contributed by atoms with Gasteiger partial charge in [0.2, 0.25) is 11.8 Å². The summed E-state index contributed by atoms with van der Waals surface area (Å²) in [7, 11) is 0. The van der Waals surface area contributed by atoms with E-state index in [1.807, 2.05) is 12.1 Å². The van der Waals surface area contributed by atoms with Gasteiger partial charge in [-0.1, -0.05) is 29.8 Å². The van der Waals surface area contributed by atoms with Crippen molar-refractivity contribution in [2.45, 2.75) is 36.9 Å². The van der Waals surface area contributed by atoms with E-state index < -0.39 is 0 Å². The quantitative estimate of drug-likeness (QED) is 0.818. The molecule has 3 atom stereocenters. The Labute approximate surface area is 149 Å². The first-order chi connectivity index (χ1) is 11.7. The summed E-state index contributed by atoms with van der Waals surface area (Å²) < 4.78 is 5.60. The first kappa shape index (κ1) is 16.0. The molecule has 2 saturated carbocycles. The fraction of sp³-hybridized carbons (Fsp3) is 0.471. The molecule has 1 amide bonds. The number of halogens is 1.